The van der Waals surface area contributed by atoms with Crippen LogP contribution in [-0.4, -0.2) is 26.8 Å². The highest BCUT2D eigenvalue weighted by atomic mass is 16.5. The number of aliphatic carboxylic acids is 1. The van der Waals surface area contributed by atoms with E-state index in [-0.39, 0.29) is 5.69 Å². The number of pyridine rings is 1. The number of para-hydroxylation sites is 1. The number of rotatable bonds is 7. The highest BCUT2D eigenvalue weighted by Gasteiger charge is 2.21. The molecule has 3 aromatic rings. The molecule has 1 atom stereocenters. The van der Waals surface area contributed by atoms with Gasteiger partial charge in [-0.1, -0.05) is 30.3 Å². The van der Waals surface area contributed by atoms with Crippen LogP contribution in [-0.2, 0) is 11.8 Å². The van der Waals surface area contributed by atoms with Gasteiger partial charge in [0.05, 0.1) is 12.5 Å². The summed E-state index contributed by atoms with van der Waals surface area (Å²) in [7, 11) is 1.47. The zero-order valence-electron chi connectivity index (χ0n) is 18.5. The Bertz CT molecular complexity index is 1230. The summed E-state index contributed by atoms with van der Waals surface area (Å²) >= 11 is 0. The number of nitrogens with zero attached hydrogens (tertiary/aromatic N) is 1. The molecule has 9 heteroatoms. The lowest BCUT2D eigenvalue weighted by atomic mass is 10.0. The summed E-state index contributed by atoms with van der Waals surface area (Å²) in [5.74, 6) is -0.338. The van der Waals surface area contributed by atoms with Gasteiger partial charge in [-0.25, -0.2) is 4.79 Å². The molecule has 0 saturated heterocycles. The van der Waals surface area contributed by atoms with E-state index in [1.54, 1.807) is 24.3 Å². The van der Waals surface area contributed by atoms with Crippen molar-refractivity contribution in [1.82, 2.24) is 9.88 Å². The SMILES string of the molecule is Cc1cccc(C)c1Oc1cccc(C(CC(=O)O)NC(=O)Nc2c(O)ccn(C)c2=O)c1. The molecule has 1 heterocycles. The Morgan fingerprint density at radius 3 is 2.42 bits per heavy atom. The first-order valence-electron chi connectivity index (χ1n) is 10.2. The van der Waals surface area contributed by atoms with Crippen LogP contribution >= 0.6 is 0 Å². The Hall–Kier alpha value is -4.27. The van der Waals surface area contributed by atoms with Gasteiger partial charge in [-0.05, 0) is 48.7 Å². The Kier molecular flexibility index (Phi) is 7.02. The minimum Gasteiger partial charge on any atom is -0.505 e. The molecule has 1 unspecified atom stereocenters. The fourth-order valence-corrected chi connectivity index (χ4v) is 3.34. The molecule has 0 spiro atoms. The fraction of sp³-hybridized carbons (Fsp3) is 0.208. The number of carboxylic acids is 1. The van der Waals surface area contributed by atoms with Crippen LogP contribution in [0.15, 0.2) is 59.5 Å². The number of benzene rings is 2. The quantitative estimate of drug-likeness (QED) is 0.432. The van der Waals surface area contributed by atoms with Crippen LogP contribution in [0.3, 0.4) is 0 Å². The number of carbonyl (C=O) groups excluding carboxylic acids is 1. The lowest BCUT2D eigenvalue weighted by molar-refractivity contribution is -0.137. The molecule has 0 aliphatic carbocycles. The van der Waals surface area contributed by atoms with Crippen molar-refractivity contribution in [2.45, 2.75) is 26.3 Å². The molecule has 4 N–H and O–H groups in total. The second-order valence-corrected chi connectivity index (χ2v) is 7.64. The first-order chi connectivity index (χ1) is 15.7. The predicted molar refractivity (Wildman–Crippen MR) is 123 cm³/mol. The smallest absolute Gasteiger partial charge is 0.319 e. The number of urea groups is 1. The number of carboxylic acid groups (broad SMARTS) is 1. The van der Waals surface area contributed by atoms with E-state index in [0.717, 1.165) is 11.1 Å². The molecular formula is C24H25N3O6. The van der Waals surface area contributed by atoms with Crippen molar-refractivity contribution in [2.24, 2.45) is 7.05 Å². The average molecular weight is 451 g/mol. The third kappa shape index (κ3) is 5.70. The molecule has 0 saturated carbocycles. The number of hydrogen-bond acceptors (Lipinski definition) is 5. The summed E-state index contributed by atoms with van der Waals surface area (Å²) in [6.07, 6.45) is 0.953. The Morgan fingerprint density at radius 2 is 1.76 bits per heavy atom. The molecule has 0 radical (unpaired) electrons. The second-order valence-electron chi connectivity index (χ2n) is 7.64. The lowest BCUT2D eigenvalue weighted by Gasteiger charge is -2.19. The second kappa shape index (κ2) is 9.90. The van der Waals surface area contributed by atoms with Crippen molar-refractivity contribution in [2.75, 3.05) is 5.32 Å². The number of aromatic nitrogens is 1. The molecule has 9 nitrogen and oxygen atoms in total. The minimum absolute atomic E-state index is 0.307. The van der Waals surface area contributed by atoms with Crippen molar-refractivity contribution in [3.8, 4) is 17.2 Å². The molecule has 3 rings (SSSR count). The summed E-state index contributed by atoms with van der Waals surface area (Å²) in [5.41, 5.74) is 1.48. The van der Waals surface area contributed by atoms with Crippen molar-refractivity contribution in [1.29, 1.82) is 0 Å². The van der Waals surface area contributed by atoms with E-state index in [1.807, 2.05) is 32.0 Å². The van der Waals surface area contributed by atoms with E-state index in [1.165, 1.54) is 23.9 Å². The van der Waals surface area contributed by atoms with Gasteiger partial charge >= 0.3 is 12.0 Å². The molecule has 0 bridgehead atoms. The van der Waals surface area contributed by atoms with Crippen LogP contribution < -0.4 is 20.9 Å². The molecule has 33 heavy (non-hydrogen) atoms. The molecule has 0 aliphatic rings. The Labute approximate surface area is 190 Å². The molecule has 1 aromatic heterocycles. The number of aromatic hydroxyl groups is 1. The van der Waals surface area contributed by atoms with Crippen LogP contribution in [0.2, 0.25) is 0 Å². The third-order valence-corrected chi connectivity index (χ3v) is 5.06. The van der Waals surface area contributed by atoms with Crippen LogP contribution in [0.4, 0.5) is 10.5 Å². The van der Waals surface area contributed by atoms with Gasteiger partial charge < -0.3 is 30.2 Å². The molecule has 2 amide bonds. The molecule has 172 valence electrons. The van der Waals surface area contributed by atoms with Crippen LogP contribution in [0.5, 0.6) is 17.2 Å². The number of carbonyl (C=O) groups is 2. The topological polar surface area (TPSA) is 130 Å². The average Bonchev–Trinajstić information content (AvgIpc) is 2.76. The number of anilines is 1. The normalized spacial score (nSPS) is 11.5. The van der Waals surface area contributed by atoms with Crippen molar-refractivity contribution >= 4 is 17.7 Å². The fourth-order valence-electron chi connectivity index (χ4n) is 3.34. The van der Waals surface area contributed by atoms with Crippen LogP contribution in [0.1, 0.15) is 29.2 Å². The Morgan fingerprint density at radius 1 is 1.09 bits per heavy atom. The maximum atomic E-state index is 12.6. The molecule has 0 fully saturated rings. The van der Waals surface area contributed by atoms with Gasteiger partial charge in [-0.2, -0.15) is 0 Å². The van der Waals surface area contributed by atoms with E-state index < -0.39 is 35.8 Å². The summed E-state index contributed by atoms with van der Waals surface area (Å²) < 4.78 is 7.22. The number of hydrogen-bond donors (Lipinski definition) is 4. The lowest BCUT2D eigenvalue weighted by Crippen LogP contribution is -2.35. The molecule has 2 aromatic carbocycles. The van der Waals surface area contributed by atoms with Crippen LogP contribution in [0, 0.1) is 13.8 Å². The summed E-state index contributed by atoms with van der Waals surface area (Å²) in [4.78, 5) is 36.2. The largest absolute Gasteiger partial charge is 0.505 e. The minimum atomic E-state index is -1.13. The van der Waals surface area contributed by atoms with Crippen molar-refractivity contribution in [3.63, 3.8) is 0 Å². The Balaban J connectivity index is 1.84. The highest BCUT2D eigenvalue weighted by Crippen LogP contribution is 2.30. The standard InChI is InChI=1S/C24H25N3O6/c1-14-6-4-7-15(2)22(14)33-17-9-5-8-16(12-17)18(13-20(29)30)25-24(32)26-21-19(28)10-11-27(3)23(21)31/h4-12,18,28H,13H2,1-3H3,(H,29,30)(H2,25,26,32). The van der Waals surface area contributed by atoms with E-state index in [2.05, 4.69) is 10.6 Å². The number of amides is 2. The summed E-state index contributed by atoms with van der Waals surface area (Å²) in [6.45, 7) is 3.85. The number of ether oxygens (including phenoxy) is 1. The third-order valence-electron chi connectivity index (χ3n) is 5.06. The van der Waals surface area contributed by atoms with Gasteiger partial charge in [0.2, 0.25) is 0 Å². The van der Waals surface area contributed by atoms with Crippen molar-refractivity contribution < 1.29 is 24.5 Å². The highest BCUT2D eigenvalue weighted by molar-refractivity contribution is 5.91. The van der Waals surface area contributed by atoms with Gasteiger partial charge in [0.25, 0.3) is 5.56 Å². The first kappa shape index (κ1) is 23.4. The maximum Gasteiger partial charge on any atom is 0.319 e. The van der Waals surface area contributed by atoms with Crippen molar-refractivity contribution in [3.05, 3.63) is 81.8 Å². The van der Waals surface area contributed by atoms with E-state index in [4.69, 9.17) is 4.74 Å². The monoisotopic (exact) mass is 451 g/mol. The number of aryl methyl sites for hydroxylation is 3. The maximum absolute atomic E-state index is 12.6. The first-order valence-corrected chi connectivity index (χ1v) is 10.2. The van der Waals surface area contributed by atoms with Gasteiger partial charge in [-0.3, -0.25) is 9.59 Å². The zero-order chi connectivity index (χ0) is 24.1. The van der Waals surface area contributed by atoms with Crippen LogP contribution in [0.25, 0.3) is 0 Å². The molecular weight excluding hydrogens is 426 g/mol. The number of nitrogens with one attached hydrogen (secondary N) is 2. The van der Waals surface area contributed by atoms with E-state index >= 15 is 0 Å². The zero-order valence-corrected chi connectivity index (χ0v) is 18.5. The van der Waals surface area contributed by atoms with Gasteiger partial charge in [0.15, 0.2) is 5.69 Å². The van der Waals surface area contributed by atoms with E-state index in [0.29, 0.717) is 17.1 Å². The molecule has 0 aliphatic heterocycles. The predicted octanol–water partition coefficient (Wildman–Crippen LogP) is 3.84. The van der Waals surface area contributed by atoms with Gasteiger partial charge in [-0.15, -0.1) is 0 Å². The van der Waals surface area contributed by atoms with Gasteiger partial charge in [0, 0.05) is 13.2 Å². The van der Waals surface area contributed by atoms with Gasteiger partial charge in [0.1, 0.15) is 17.2 Å². The summed E-state index contributed by atoms with van der Waals surface area (Å²) in [6, 6.07) is 12.0. The van der Waals surface area contributed by atoms with E-state index in [9.17, 15) is 24.6 Å². The summed E-state index contributed by atoms with van der Waals surface area (Å²) in [5, 5.41) is 24.1.